The van der Waals surface area contributed by atoms with Gasteiger partial charge in [-0.2, -0.15) is 0 Å². The Morgan fingerprint density at radius 3 is 1.15 bits per heavy atom. The van der Waals surface area contributed by atoms with E-state index in [1.807, 2.05) is 0 Å². The van der Waals surface area contributed by atoms with Gasteiger partial charge in [-0.3, -0.25) is 9.59 Å². The molecule has 39 heavy (non-hydrogen) atoms. The predicted molar refractivity (Wildman–Crippen MR) is 167 cm³/mol. The predicted octanol–water partition coefficient (Wildman–Crippen LogP) is 11.7. The highest BCUT2D eigenvalue weighted by molar-refractivity contribution is 5.69. The molecule has 232 valence electrons. The quantitative estimate of drug-likeness (QED) is 0.0665. The van der Waals surface area contributed by atoms with Crippen LogP contribution in [0.1, 0.15) is 206 Å². The number of unbranched alkanes of at least 4 members (excludes halogenated alkanes) is 23. The summed E-state index contributed by atoms with van der Waals surface area (Å²) in [6.07, 6.45) is 35.5. The highest BCUT2D eigenvalue weighted by atomic mass is 16.5. The van der Waals surface area contributed by atoms with Crippen LogP contribution in [0.4, 0.5) is 0 Å². The van der Waals surface area contributed by atoms with Crippen molar-refractivity contribution in [2.24, 2.45) is 0 Å². The Labute approximate surface area is 243 Å². The molecule has 0 amide bonds. The van der Waals surface area contributed by atoms with E-state index in [9.17, 15) is 9.59 Å². The molecule has 1 N–H and O–H groups in total. The number of carbonyl (C=O) groups is 2. The van der Waals surface area contributed by atoms with Gasteiger partial charge in [0.05, 0.1) is 0 Å². The normalized spacial score (nSPS) is 12.1. The fourth-order valence-corrected chi connectivity index (χ4v) is 5.48. The summed E-state index contributed by atoms with van der Waals surface area (Å²) in [5.74, 6) is -0.753. The lowest BCUT2D eigenvalue weighted by Gasteiger charge is -2.18. The van der Waals surface area contributed by atoms with Crippen molar-refractivity contribution in [3.63, 3.8) is 0 Å². The van der Waals surface area contributed by atoms with Gasteiger partial charge in [0.2, 0.25) is 0 Å². The van der Waals surface area contributed by atoms with E-state index < -0.39 is 5.97 Å². The van der Waals surface area contributed by atoms with E-state index >= 15 is 0 Å². The number of ether oxygens (including phenoxy) is 1. The number of hydrogen-bond donors (Lipinski definition) is 1. The van der Waals surface area contributed by atoms with Crippen molar-refractivity contribution in [3.8, 4) is 0 Å². The second-order valence-corrected chi connectivity index (χ2v) is 12.1. The third-order valence-electron chi connectivity index (χ3n) is 8.08. The van der Waals surface area contributed by atoms with E-state index in [0.29, 0.717) is 12.8 Å². The first-order valence-electron chi connectivity index (χ1n) is 17.5. The minimum Gasteiger partial charge on any atom is -0.481 e. The van der Waals surface area contributed by atoms with Crippen LogP contribution in [0.15, 0.2) is 0 Å². The van der Waals surface area contributed by atoms with Crippen LogP contribution in [0.3, 0.4) is 0 Å². The molecule has 0 spiro atoms. The van der Waals surface area contributed by atoms with E-state index in [-0.39, 0.29) is 18.5 Å². The third-order valence-corrected chi connectivity index (χ3v) is 8.08. The molecule has 0 aromatic heterocycles. The fourth-order valence-electron chi connectivity index (χ4n) is 5.48. The van der Waals surface area contributed by atoms with Crippen molar-refractivity contribution in [3.05, 3.63) is 0 Å². The minimum absolute atomic E-state index is 0.0132. The number of carboxylic acids is 1. The van der Waals surface area contributed by atoms with Gasteiger partial charge in [0.25, 0.3) is 0 Å². The van der Waals surface area contributed by atoms with Crippen LogP contribution in [0.2, 0.25) is 0 Å². The lowest BCUT2D eigenvalue weighted by atomic mass is 10.0. The summed E-state index contributed by atoms with van der Waals surface area (Å²) >= 11 is 0. The van der Waals surface area contributed by atoms with Gasteiger partial charge in [-0.15, -0.1) is 0 Å². The summed E-state index contributed by atoms with van der Waals surface area (Å²) in [6, 6.07) is 0. The van der Waals surface area contributed by atoms with Gasteiger partial charge in [-0.05, 0) is 38.5 Å². The van der Waals surface area contributed by atoms with Gasteiger partial charge < -0.3 is 9.84 Å². The van der Waals surface area contributed by atoms with Gasteiger partial charge in [0.15, 0.2) is 0 Å². The topological polar surface area (TPSA) is 63.6 Å². The van der Waals surface area contributed by atoms with Crippen molar-refractivity contribution in [2.45, 2.75) is 213 Å². The van der Waals surface area contributed by atoms with Crippen LogP contribution in [0.5, 0.6) is 0 Å². The van der Waals surface area contributed by atoms with Gasteiger partial charge >= 0.3 is 11.9 Å². The zero-order chi connectivity index (χ0) is 28.7. The summed E-state index contributed by atoms with van der Waals surface area (Å²) in [5, 5.41) is 8.82. The Balaban J connectivity index is 3.74. The summed E-state index contributed by atoms with van der Waals surface area (Å²) in [4.78, 5) is 23.2. The standard InChI is InChI=1S/C35H68O4/c1-3-5-7-9-11-12-13-14-15-16-17-18-19-20-21-23-28-32-35(38)39-33(29-25-22-10-8-6-4-2)30-26-24-27-31-34(36)37/h33H,3-32H2,1-2H3,(H,36,37). The molecular formula is C35H68O4. The molecule has 0 aromatic carbocycles. The SMILES string of the molecule is CCCCCCCCCCCCCCCCCCCC(=O)OC(CCCCCCCC)CCCCCC(=O)O. The average Bonchev–Trinajstić information content (AvgIpc) is 2.91. The molecule has 0 aliphatic carbocycles. The number of hydrogen-bond acceptors (Lipinski definition) is 3. The molecule has 0 rings (SSSR count). The van der Waals surface area contributed by atoms with Crippen molar-refractivity contribution >= 4 is 11.9 Å². The maximum absolute atomic E-state index is 12.5. The maximum atomic E-state index is 12.5. The van der Waals surface area contributed by atoms with Crippen molar-refractivity contribution in [1.29, 1.82) is 0 Å². The lowest BCUT2D eigenvalue weighted by molar-refractivity contribution is -0.150. The van der Waals surface area contributed by atoms with Gasteiger partial charge in [-0.1, -0.05) is 155 Å². The molecule has 0 bridgehead atoms. The Hall–Kier alpha value is -1.06. The van der Waals surface area contributed by atoms with Crippen molar-refractivity contribution < 1.29 is 19.4 Å². The Bertz CT molecular complexity index is 519. The number of carbonyl (C=O) groups excluding carboxylic acids is 1. The zero-order valence-electron chi connectivity index (χ0n) is 26.5. The molecule has 0 radical (unpaired) electrons. The van der Waals surface area contributed by atoms with Crippen molar-refractivity contribution in [1.82, 2.24) is 0 Å². The molecule has 0 aromatic rings. The fraction of sp³-hybridized carbons (Fsp3) is 0.943. The van der Waals surface area contributed by atoms with E-state index in [2.05, 4.69) is 13.8 Å². The van der Waals surface area contributed by atoms with Crippen LogP contribution in [0.25, 0.3) is 0 Å². The number of esters is 1. The molecule has 1 unspecified atom stereocenters. The number of carboxylic acid groups (broad SMARTS) is 1. The molecule has 0 aliphatic rings. The lowest BCUT2D eigenvalue weighted by Crippen LogP contribution is -2.18. The molecule has 0 heterocycles. The molecule has 0 saturated carbocycles. The van der Waals surface area contributed by atoms with E-state index in [0.717, 1.165) is 44.9 Å². The van der Waals surface area contributed by atoms with Crippen LogP contribution >= 0.6 is 0 Å². The number of aliphatic carboxylic acids is 1. The van der Waals surface area contributed by atoms with Crippen LogP contribution < -0.4 is 0 Å². The highest BCUT2D eigenvalue weighted by Crippen LogP contribution is 2.18. The highest BCUT2D eigenvalue weighted by Gasteiger charge is 2.14. The Morgan fingerprint density at radius 2 is 0.769 bits per heavy atom. The molecular weight excluding hydrogens is 484 g/mol. The summed E-state index contributed by atoms with van der Waals surface area (Å²) < 4.78 is 5.88. The van der Waals surface area contributed by atoms with Crippen LogP contribution in [-0.4, -0.2) is 23.1 Å². The molecule has 4 heteroatoms. The Kier molecular flexibility index (Phi) is 30.6. The first kappa shape index (κ1) is 37.9. The Morgan fingerprint density at radius 1 is 0.462 bits per heavy atom. The first-order chi connectivity index (χ1) is 19.1. The molecule has 0 saturated heterocycles. The maximum Gasteiger partial charge on any atom is 0.306 e. The summed E-state index contributed by atoms with van der Waals surface area (Å²) in [6.45, 7) is 4.52. The van der Waals surface area contributed by atoms with Crippen LogP contribution in [-0.2, 0) is 14.3 Å². The minimum atomic E-state index is -0.723. The molecule has 1 atom stereocenters. The second-order valence-electron chi connectivity index (χ2n) is 12.1. The van der Waals surface area contributed by atoms with E-state index in [4.69, 9.17) is 9.84 Å². The van der Waals surface area contributed by atoms with Crippen LogP contribution in [0, 0.1) is 0 Å². The molecule has 0 fully saturated rings. The number of rotatable bonds is 32. The first-order valence-corrected chi connectivity index (χ1v) is 17.5. The monoisotopic (exact) mass is 553 g/mol. The van der Waals surface area contributed by atoms with Gasteiger partial charge in [-0.25, -0.2) is 0 Å². The average molecular weight is 553 g/mol. The summed E-state index contributed by atoms with van der Waals surface area (Å²) in [7, 11) is 0. The second kappa shape index (κ2) is 31.5. The van der Waals surface area contributed by atoms with E-state index in [1.54, 1.807) is 0 Å². The van der Waals surface area contributed by atoms with Gasteiger partial charge in [0, 0.05) is 12.8 Å². The molecule has 0 aliphatic heterocycles. The van der Waals surface area contributed by atoms with Crippen molar-refractivity contribution in [2.75, 3.05) is 0 Å². The van der Waals surface area contributed by atoms with E-state index in [1.165, 1.54) is 128 Å². The molecule has 4 nitrogen and oxygen atoms in total. The third kappa shape index (κ3) is 31.3. The van der Waals surface area contributed by atoms with Gasteiger partial charge in [0.1, 0.15) is 6.10 Å². The largest absolute Gasteiger partial charge is 0.481 e. The smallest absolute Gasteiger partial charge is 0.306 e. The zero-order valence-corrected chi connectivity index (χ0v) is 26.5. The summed E-state index contributed by atoms with van der Waals surface area (Å²) in [5.41, 5.74) is 0.